The maximum Gasteiger partial charge on any atom is 0.244 e. The van der Waals surface area contributed by atoms with E-state index >= 15 is 0 Å². The molecule has 0 radical (unpaired) electrons. The average molecular weight is 431 g/mol. The predicted octanol–water partition coefficient (Wildman–Crippen LogP) is 4.42. The Hall–Kier alpha value is -2.18. The Balaban J connectivity index is 2.41. The van der Waals surface area contributed by atoms with E-state index in [1.165, 1.54) is 4.31 Å². The lowest BCUT2D eigenvalue weighted by atomic mass is 10.1. The molecule has 164 valence electrons. The summed E-state index contributed by atoms with van der Waals surface area (Å²) in [4.78, 5) is 13.0. The fourth-order valence-electron chi connectivity index (χ4n) is 3.81. The van der Waals surface area contributed by atoms with E-state index in [9.17, 15) is 13.2 Å². The zero-order chi connectivity index (χ0) is 22.5. The third-order valence-electron chi connectivity index (χ3n) is 5.13. The molecule has 1 N–H and O–H groups in total. The van der Waals surface area contributed by atoms with Gasteiger partial charge in [0.2, 0.25) is 15.9 Å². The Morgan fingerprint density at radius 2 is 1.57 bits per heavy atom. The first-order valence-corrected chi connectivity index (χ1v) is 11.9. The number of nitrogens with zero attached hydrogens (tertiary/aromatic N) is 1. The van der Waals surface area contributed by atoms with Crippen molar-refractivity contribution >= 4 is 15.9 Å². The minimum absolute atomic E-state index is 0.00859. The number of rotatable bonds is 9. The molecule has 6 heteroatoms. The summed E-state index contributed by atoms with van der Waals surface area (Å²) in [6.45, 7) is 11.5. The van der Waals surface area contributed by atoms with Crippen LogP contribution in [0.2, 0.25) is 0 Å². The molecule has 2 rings (SSSR count). The topological polar surface area (TPSA) is 66.5 Å². The number of sulfonamides is 1. The number of benzene rings is 2. The molecule has 0 aliphatic rings. The number of amides is 1. The van der Waals surface area contributed by atoms with Gasteiger partial charge in [-0.15, -0.1) is 0 Å². The molecule has 0 saturated carbocycles. The zero-order valence-corrected chi connectivity index (χ0v) is 19.8. The normalized spacial score (nSPS) is 12.8. The number of carbonyl (C=O) groups excluding carboxylic acids is 1. The Bertz CT molecular complexity index is 959. The van der Waals surface area contributed by atoms with Gasteiger partial charge in [-0.1, -0.05) is 60.9 Å². The van der Waals surface area contributed by atoms with Crippen molar-refractivity contribution in [2.24, 2.45) is 0 Å². The van der Waals surface area contributed by atoms with Crippen LogP contribution in [0.1, 0.15) is 54.5 Å². The molecule has 0 fully saturated rings. The van der Waals surface area contributed by atoms with Crippen molar-refractivity contribution in [3.8, 4) is 0 Å². The standard InChI is InChI=1S/C24H34N2O3S/c1-7-8-21(6)25-23(27)16-26(15-22-11-9-17(2)10-12-22)30(28,29)24-19(4)13-18(3)14-20(24)5/h9-14,21H,7-8,15-16H2,1-6H3,(H,25,27)/t21-/m0/s1. The van der Waals surface area contributed by atoms with E-state index in [4.69, 9.17) is 0 Å². The monoisotopic (exact) mass is 430 g/mol. The average Bonchev–Trinajstić information content (AvgIpc) is 2.61. The van der Waals surface area contributed by atoms with E-state index in [0.717, 1.165) is 29.5 Å². The zero-order valence-electron chi connectivity index (χ0n) is 19.0. The highest BCUT2D eigenvalue weighted by Gasteiger charge is 2.30. The van der Waals surface area contributed by atoms with Crippen LogP contribution >= 0.6 is 0 Å². The molecule has 0 bridgehead atoms. The first kappa shape index (κ1) is 24.1. The quantitative estimate of drug-likeness (QED) is 0.640. The van der Waals surface area contributed by atoms with Crippen LogP contribution < -0.4 is 5.32 Å². The minimum Gasteiger partial charge on any atom is -0.353 e. The number of hydrogen-bond acceptors (Lipinski definition) is 3. The highest BCUT2D eigenvalue weighted by atomic mass is 32.2. The first-order valence-electron chi connectivity index (χ1n) is 10.5. The van der Waals surface area contributed by atoms with Crippen LogP contribution in [0.5, 0.6) is 0 Å². The number of hydrogen-bond donors (Lipinski definition) is 1. The van der Waals surface area contributed by atoms with Crippen LogP contribution in [0, 0.1) is 27.7 Å². The molecule has 1 atom stereocenters. The Labute approximate surface area is 181 Å². The molecule has 0 aliphatic carbocycles. The van der Waals surface area contributed by atoms with Crippen molar-refractivity contribution in [1.29, 1.82) is 0 Å². The summed E-state index contributed by atoms with van der Waals surface area (Å²) in [7, 11) is -3.86. The molecule has 0 saturated heterocycles. The Morgan fingerprint density at radius 3 is 2.10 bits per heavy atom. The van der Waals surface area contributed by atoms with E-state index in [1.807, 2.05) is 57.2 Å². The Morgan fingerprint density at radius 1 is 1.00 bits per heavy atom. The van der Waals surface area contributed by atoms with E-state index in [1.54, 1.807) is 13.8 Å². The lowest BCUT2D eigenvalue weighted by molar-refractivity contribution is -0.122. The van der Waals surface area contributed by atoms with Gasteiger partial charge in [0.25, 0.3) is 0 Å². The van der Waals surface area contributed by atoms with Crippen LogP contribution in [0.4, 0.5) is 0 Å². The summed E-state index contributed by atoms with van der Waals surface area (Å²) in [5.74, 6) is -0.283. The molecule has 5 nitrogen and oxygen atoms in total. The van der Waals surface area contributed by atoms with Gasteiger partial charge in [0.1, 0.15) is 0 Å². The van der Waals surface area contributed by atoms with Crippen LogP contribution in [0.3, 0.4) is 0 Å². The lowest BCUT2D eigenvalue weighted by Gasteiger charge is -2.25. The van der Waals surface area contributed by atoms with Crippen LogP contribution in [-0.2, 0) is 21.4 Å². The fourth-order valence-corrected chi connectivity index (χ4v) is 5.61. The first-order chi connectivity index (χ1) is 14.0. The summed E-state index contributed by atoms with van der Waals surface area (Å²) < 4.78 is 28.6. The van der Waals surface area contributed by atoms with E-state index < -0.39 is 10.0 Å². The number of aryl methyl sites for hydroxylation is 4. The maximum absolute atomic E-state index is 13.6. The van der Waals surface area contributed by atoms with Crippen LogP contribution in [-0.4, -0.2) is 31.2 Å². The van der Waals surface area contributed by atoms with Crippen molar-refractivity contribution in [2.75, 3.05) is 6.54 Å². The van der Waals surface area contributed by atoms with Gasteiger partial charge in [0, 0.05) is 12.6 Å². The highest BCUT2D eigenvalue weighted by molar-refractivity contribution is 7.89. The predicted molar refractivity (Wildman–Crippen MR) is 122 cm³/mol. The number of carbonyl (C=O) groups is 1. The van der Waals surface area contributed by atoms with Crippen molar-refractivity contribution in [3.63, 3.8) is 0 Å². The largest absolute Gasteiger partial charge is 0.353 e. The summed E-state index contributed by atoms with van der Waals surface area (Å²) in [5, 5.41) is 2.92. The second-order valence-electron chi connectivity index (χ2n) is 8.24. The van der Waals surface area contributed by atoms with Gasteiger partial charge in [-0.25, -0.2) is 8.42 Å². The van der Waals surface area contributed by atoms with Crippen molar-refractivity contribution in [1.82, 2.24) is 9.62 Å². The lowest BCUT2D eigenvalue weighted by Crippen LogP contribution is -2.43. The van der Waals surface area contributed by atoms with Gasteiger partial charge in [-0.05, 0) is 57.7 Å². The summed E-state index contributed by atoms with van der Waals surface area (Å²) in [6, 6.07) is 11.5. The van der Waals surface area contributed by atoms with E-state index in [-0.39, 0.29) is 29.9 Å². The van der Waals surface area contributed by atoms with Gasteiger partial charge >= 0.3 is 0 Å². The molecule has 30 heavy (non-hydrogen) atoms. The Kier molecular flexibility index (Phi) is 8.21. The van der Waals surface area contributed by atoms with Crippen LogP contribution in [0.15, 0.2) is 41.3 Å². The second kappa shape index (κ2) is 10.2. The molecular formula is C24H34N2O3S. The molecule has 0 aliphatic heterocycles. The molecule has 0 spiro atoms. The summed E-state index contributed by atoms with van der Waals surface area (Å²) >= 11 is 0. The van der Waals surface area contributed by atoms with Crippen molar-refractivity contribution in [3.05, 3.63) is 64.2 Å². The molecule has 1 amide bonds. The van der Waals surface area contributed by atoms with Gasteiger partial charge < -0.3 is 5.32 Å². The molecule has 0 aromatic heterocycles. The van der Waals surface area contributed by atoms with Gasteiger partial charge in [-0.3, -0.25) is 4.79 Å². The van der Waals surface area contributed by atoms with Crippen LogP contribution in [0.25, 0.3) is 0 Å². The molecule has 2 aromatic carbocycles. The van der Waals surface area contributed by atoms with E-state index in [2.05, 4.69) is 12.2 Å². The molecule has 0 unspecified atom stereocenters. The second-order valence-corrected chi connectivity index (χ2v) is 10.1. The molecular weight excluding hydrogens is 396 g/mol. The summed E-state index contributed by atoms with van der Waals surface area (Å²) in [6.07, 6.45) is 1.81. The third kappa shape index (κ3) is 6.16. The maximum atomic E-state index is 13.6. The minimum atomic E-state index is -3.86. The smallest absolute Gasteiger partial charge is 0.244 e. The van der Waals surface area contributed by atoms with Gasteiger partial charge in [0.05, 0.1) is 11.4 Å². The fraction of sp³-hybridized carbons (Fsp3) is 0.458. The van der Waals surface area contributed by atoms with Crippen molar-refractivity contribution < 1.29 is 13.2 Å². The highest BCUT2D eigenvalue weighted by Crippen LogP contribution is 2.26. The third-order valence-corrected chi connectivity index (χ3v) is 7.23. The molecule has 0 heterocycles. The number of nitrogens with one attached hydrogen (secondary N) is 1. The SMILES string of the molecule is CCC[C@H](C)NC(=O)CN(Cc1ccc(C)cc1)S(=O)(=O)c1c(C)cc(C)cc1C. The molecule has 2 aromatic rings. The summed E-state index contributed by atoms with van der Waals surface area (Å²) in [5.41, 5.74) is 4.35. The van der Waals surface area contributed by atoms with E-state index in [0.29, 0.717) is 11.1 Å². The van der Waals surface area contributed by atoms with Crippen molar-refractivity contribution in [2.45, 2.75) is 71.9 Å². The van der Waals surface area contributed by atoms with Gasteiger partial charge in [-0.2, -0.15) is 4.31 Å². The van der Waals surface area contributed by atoms with Gasteiger partial charge in [0.15, 0.2) is 0 Å².